The summed E-state index contributed by atoms with van der Waals surface area (Å²) >= 11 is 0. The maximum Gasteiger partial charge on any atom is 0.332 e. The van der Waals surface area contributed by atoms with Gasteiger partial charge in [0.1, 0.15) is 5.75 Å². The van der Waals surface area contributed by atoms with E-state index in [2.05, 4.69) is 17.5 Å². The number of ether oxygens (including phenoxy) is 1. The van der Waals surface area contributed by atoms with Gasteiger partial charge in [-0.25, -0.2) is 10.2 Å². The number of rotatable bonds is 6. The highest BCUT2D eigenvalue weighted by molar-refractivity contribution is 5.91. The number of nitrogens with zero attached hydrogens (tertiary/aromatic N) is 1. The van der Waals surface area contributed by atoms with Crippen LogP contribution in [0.3, 0.4) is 0 Å². The van der Waals surface area contributed by atoms with Crippen molar-refractivity contribution in [2.45, 2.75) is 32.6 Å². The molecule has 1 aromatic rings. The Kier molecular flexibility index (Phi) is 5.85. The molecule has 0 heterocycles. The van der Waals surface area contributed by atoms with Crippen LogP contribution in [0.4, 0.5) is 4.79 Å². The molecule has 0 fully saturated rings. The average molecular weight is 263 g/mol. The van der Waals surface area contributed by atoms with Crippen molar-refractivity contribution in [1.82, 2.24) is 5.43 Å². The molecule has 1 unspecified atom stereocenters. The SMILES string of the molecule is CCC(=NNC(N)=O)C(CC)c1ccc(OC)cc1. The number of urea groups is 1. The van der Waals surface area contributed by atoms with Gasteiger partial charge in [-0.05, 0) is 30.5 Å². The molecule has 5 heteroatoms. The third kappa shape index (κ3) is 4.28. The van der Waals surface area contributed by atoms with Gasteiger partial charge in [-0.3, -0.25) is 0 Å². The Morgan fingerprint density at radius 3 is 2.42 bits per heavy atom. The van der Waals surface area contributed by atoms with Crippen molar-refractivity contribution < 1.29 is 9.53 Å². The van der Waals surface area contributed by atoms with Crippen LogP contribution in [0.2, 0.25) is 0 Å². The Balaban J connectivity index is 2.95. The van der Waals surface area contributed by atoms with Crippen molar-refractivity contribution >= 4 is 11.7 Å². The van der Waals surface area contributed by atoms with E-state index in [4.69, 9.17) is 10.5 Å². The number of benzene rings is 1. The Bertz CT molecular complexity index is 441. The van der Waals surface area contributed by atoms with Crippen LogP contribution >= 0.6 is 0 Å². The van der Waals surface area contributed by atoms with Crippen LogP contribution in [-0.4, -0.2) is 18.9 Å². The number of carbonyl (C=O) groups is 1. The van der Waals surface area contributed by atoms with Crippen LogP contribution in [-0.2, 0) is 0 Å². The van der Waals surface area contributed by atoms with E-state index >= 15 is 0 Å². The summed E-state index contributed by atoms with van der Waals surface area (Å²) in [5.41, 5.74) is 9.40. The van der Waals surface area contributed by atoms with E-state index in [9.17, 15) is 4.79 Å². The van der Waals surface area contributed by atoms with Crippen LogP contribution in [0, 0.1) is 0 Å². The molecular formula is C14H21N3O2. The van der Waals surface area contributed by atoms with E-state index < -0.39 is 6.03 Å². The number of hydrogen-bond donors (Lipinski definition) is 2. The van der Waals surface area contributed by atoms with Crippen LogP contribution in [0.25, 0.3) is 0 Å². The highest BCUT2D eigenvalue weighted by atomic mass is 16.5. The molecule has 0 spiro atoms. The number of nitrogens with one attached hydrogen (secondary N) is 1. The summed E-state index contributed by atoms with van der Waals surface area (Å²) in [6, 6.07) is 7.24. The molecular weight excluding hydrogens is 242 g/mol. The van der Waals surface area contributed by atoms with Crippen LogP contribution in [0.15, 0.2) is 29.4 Å². The molecule has 1 rings (SSSR count). The zero-order chi connectivity index (χ0) is 14.3. The van der Waals surface area contributed by atoms with Crippen molar-refractivity contribution in [3.8, 4) is 5.75 Å². The maximum atomic E-state index is 10.7. The van der Waals surface area contributed by atoms with Gasteiger partial charge in [-0.15, -0.1) is 0 Å². The Labute approximate surface area is 113 Å². The minimum Gasteiger partial charge on any atom is -0.497 e. The smallest absolute Gasteiger partial charge is 0.332 e. The minimum absolute atomic E-state index is 0.169. The lowest BCUT2D eigenvalue weighted by molar-refractivity contribution is 0.249. The normalized spacial score (nSPS) is 12.9. The lowest BCUT2D eigenvalue weighted by atomic mass is 9.90. The van der Waals surface area contributed by atoms with Crippen molar-refractivity contribution in [2.75, 3.05) is 7.11 Å². The summed E-state index contributed by atoms with van der Waals surface area (Å²) in [5, 5.41) is 4.09. The number of carbonyl (C=O) groups excluding carboxylic acids is 1. The number of hydrazone groups is 1. The van der Waals surface area contributed by atoms with Gasteiger partial charge in [0.2, 0.25) is 0 Å². The number of primary amides is 1. The first-order chi connectivity index (χ1) is 9.12. The standard InChI is InChI=1S/C14H21N3O2/c1-4-12(13(5-2)16-17-14(15)18)10-6-8-11(19-3)9-7-10/h6-9,12H,4-5H2,1-3H3,(H3,15,17,18). The van der Waals surface area contributed by atoms with E-state index in [1.807, 2.05) is 31.2 Å². The molecule has 0 radical (unpaired) electrons. The quantitative estimate of drug-likeness (QED) is 0.611. The first-order valence-corrected chi connectivity index (χ1v) is 6.38. The molecule has 0 aromatic heterocycles. The summed E-state index contributed by atoms with van der Waals surface area (Å²) in [7, 11) is 1.64. The van der Waals surface area contributed by atoms with Gasteiger partial charge in [0.15, 0.2) is 0 Å². The van der Waals surface area contributed by atoms with Crippen LogP contribution < -0.4 is 15.9 Å². The van der Waals surface area contributed by atoms with Gasteiger partial charge in [-0.2, -0.15) is 5.10 Å². The fraction of sp³-hybridized carbons (Fsp3) is 0.429. The molecule has 0 aliphatic carbocycles. The Hall–Kier alpha value is -2.04. The fourth-order valence-electron chi connectivity index (χ4n) is 2.03. The second kappa shape index (κ2) is 7.41. The topological polar surface area (TPSA) is 76.7 Å². The van der Waals surface area contributed by atoms with E-state index in [-0.39, 0.29) is 5.92 Å². The number of hydrogen-bond acceptors (Lipinski definition) is 3. The fourth-order valence-corrected chi connectivity index (χ4v) is 2.03. The van der Waals surface area contributed by atoms with Crippen molar-refractivity contribution in [2.24, 2.45) is 10.8 Å². The molecule has 0 bridgehead atoms. The number of methoxy groups -OCH3 is 1. The van der Waals surface area contributed by atoms with Crippen LogP contribution in [0.1, 0.15) is 38.2 Å². The summed E-state index contributed by atoms with van der Waals surface area (Å²) in [6.07, 6.45) is 1.66. The lowest BCUT2D eigenvalue weighted by Crippen LogP contribution is -2.27. The monoisotopic (exact) mass is 263 g/mol. The van der Waals surface area contributed by atoms with Gasteiger partial charge >= 0.3 is 6.03 Å². The predicted octanol–water partition coefficient (Wildman–Crippen LogP) is 2.62. The summed E-state index contributed by atoms with van der Waals surface area (Å²) in [5.74, 6) is 0.992. The summed E-state index contributed by atoms with van der Waals surface area (Å²) in [6.45, 7) is 4.10. The molecule has 0 aliphatic rings. The zero-order valence-electron chi connectivity index (χ0n) is 11.6. The molecule has 3 N–H and O–H groups in total. The minimum atomic E-state index is -0.643. The van der Waals surface area contributed by atoms with E-state index in [1.165, 1.54) is 0 Å². The Morgan fingerprint density at radius 1 is 1.37 bits per heavy atom. The molecule has 5 nitrogen and oxygen atoms in total. The second-order valence-corrected chi connectivity index (χ2v) is 4.17. The molecule has 0 aliphatic heterocycles. The lowest BCUT2D eigenvalue weighted by Gasteiger charge is -2.17. The first-order valence-electron chi connectivity index (χ1n) is 6.38. The van der Waals surface area contributed by atoms with Crippen molar-refractivity contribution in [3.63, 3.8) is 0 Å². The summed E-state index contributed by atoms with van der Waals surface area (Å²) in [4.78, 5) is 10.7. The van der Waals surface area contributed by atoms with Gasteiger partial charge < -0.3 is 10.5 Å². The van der Waals surface area contributed by atoms with Gasteiger partial charge in [0, 0.05) is 11.6 Å². The zero-order valence-corrected chi connectivity index (χ0v) is 11.6. The molecule has 1 atom stereocenters. The molecule has 0 saturated heterocycles. The van der Waals surface area contributed by atoms with Gasteiger partial charge in [-0.1, -0.05) is 26.0 Å². The predicted molar refractivity (Wildman–Crippen MR) is 76.5 cm³/mol. The van der Waals surface area contributed by atoms with E-state index in [0.29, 0.717) is 0 Å². The third-order valence-electron chi connectivity index (χ3n) is 3.00. The highest BCUT2D eigenvalue weighted by Gasteiger charge is 2.15. The molecule has 19 heavy (non-hydrogen) atoms. The second-order valence-electron chi connectivity index (χ2n) is 4.17. The van der Waals surface area contributed by atoms with Gasteiger partial charge in [0.25, 0.3) is 0 Å². The molecule has 1 aromatic carbocycles. The largest absolute Gasteiger partial charge is 0.497 e. The van der Waals surface area contributed by atoms with E-state index in [0.717, 1.165) is 29.9 Å². The first kappa shape index (κ1) is 15.0. The van der Waals surface area contributed by atoms with Gasteiger partial charge in [0.05, 0.1) is 7.11 Å². The molecule has 2 amide bonds. The van der Waals surface area contributed by atoms with Crippen molar-refractivity contribution in [3.05, 3.63) is 29.8 Å². The van der Waals surface area contributed by atoms with E-state index in [1.54, 1.807) is 7.11 Å². The molecule has 0 saturated carbocycles. The number of nitrogens with two attached hydrogens (primary N) is 1. The summed E-state index contributed by atoms with van der Waals surface area (Å²) < 4.78 is 5.14. The van der Waals surface area contributed by atoms with Crippen molar-refractivity contribution in [1.29, 1.82) is 0 Å². The average Bonchev–Trinajstić information content (AvgIpc) is 2.43. The highest BCUT2D eigenvalue weighted by Crippen LogP contribution is 2.24. The maximum absolute atomic E-state index is 10.7. The van der Waals surface area contributed by atoms with Crippen LogP contribution in [0.5, 0.6) is 5.75 Å². The number of amides is 2. The Morgan fingerprint density at radius 2 is 2.00 bits per heavy atom. The molecule has 104 valence electrons. The third-order valence-corrected chi connectivity index (χ3v) is 3.00.